The maximum atomic E-state index is 12.6. The Hall–Kier alpha value is -3.00. The smallest absolute Gasteiger partial charge is 0.274 e. The molecule has 1 aliphatic rings. The molecule has 1 atom stereocenters. The van der Waals surface area contributed by atoms with Crippen LogP contribution in [0.2, 0.25) is 0 Å². The second-order valence-electron chi connectivity index (χ2n) is 6.45. The molecule has 8 nitrogen and oxygen atoms in total. The van der Waals surface area contributed by atoms with Gasteiger partial charge in [0.1, 0.15) is 5.69 Å². The van der Waals surface area contributed by atoms with Crippen LogP contribution in [-0.4, -0.2) is 41.0 Å². The van der Waals surface area contributed by atoms with Gasteiger partial charge < -0.3 is 20.7 Å². The highest BCUT2D eigenvalue weighted by Gasteiger charge is 2.16. The summed E-state index contributed by atoms with van der Waals surface area (Å²) in [6.07, 6.45) is 2.23. The van der Waals surface area contributed by atoms with E-state index in [9.17, 15) is 9.59 Å². The number of hydrogen-bond acceptors (Lipinski definition) is 6. The lowest BCUT2D eigenvalue weighted by atomic mass is 10.2. The van der Waals surface area contributed by atoms with Crippen LogP contribution in [0.4, 0.5) is 17.3 Å². The molecule has 142 valence electrons. The van der Waals surface area contributed by atoms with Gasteiger partial charge in [-0.25, -0.2) is 9.97 Å². The van der Waals surface area contributed by atoms with Crippen LogP contribution in [-0.2, 0) is 9.53 Å². The second-order valence-corrected chi connectivity index (χ2v) is 6.45. The summed E-state index contributed by atoms with van der Waals surface area (Å²) in [4.78, 5) is 32.4. The summed E-state index contributed by atoms with van der Waals surface area (Å²) >= 11 is 0. The minimum absolute atomic E-state index is 0.155. The third-order valence-corrected chi connectivity index (χ3v) is 4.04. The lowest BCUT2D eigenvalue weighted by Gasteiger charge is -2.12. The summed E-state index contributed by atoms with van der Waals surface area (Å²) < 4.78 is 5.57. The molecule has 1 aliphatic heterocycles. The number of carbonyl (C=O) groups excluding carboxylic acids is 2. The van der Waals surface area contributed by atoms with Gasteiger partial charge in [0.15, 0.2) is 0 Å². The van der Waals surface area contributed by atoms with Gasteiger partial charge in [0.25, 0.3) is 5.91 Å². The first kappa shape index (κ1) is 18.8. The number of amides is 2. The molecule has 2 heterocycles. The molecule has 2 amide bonds. The molecule has 0 spiro atoms. The average molecular weight is 369 g/mol. The number of hydrogen-bond donors (Lipinski definition) is 3. The molecule has 1 fully saturated rings. The molecule has 3 rings (SSSR count). The minimum Gasteiger partial charge on any atom is -0.376 e. The minimum atomic E-state index is -0.347. The number of rotatable bonds is 6. The molecular formula is C19H23N5O3. The number of benzene rings is 1. The zero-order valence-corrected chi connectivity index (χ0v) is 15.4. The maximum Gasteiger partial charge on any atom is 0.274 e. The van der Waals surface area contributed by atoms with Crippen LogP contribution in [0.3, 0.4) is 0 Å². The Morgan fingerprint density at radius 3 is 2.67 bits per heavy atom. The standard InChI is InChI=1S/C19H23N5O3/c1-12-9-17(24-19(21-12)20-11-16-7-4-8-27-16)18(26)23-15-6-3-5-14(10-15)22-13(2)25/h3,5-6,9-10,16H,4,7-8,11H2,1-2H3,(H,22,25)(H,23,26)(H,20,21,24). The van der Waals surface area contributed by atoms with E-state index in [2.05, 4.69) is 25.9 Å². The third-order valence-electron chi connectivity index (χ3n) is 4.04. The number of carbonyl (C=O) groups is 2. The summed E-state index contributed by atoms with van der Waals surface area (Å²) in [5, 5.41) is 8.62. The fourth-order valence-corrected chi connectivity index (χ4v) is 2.85. The lowest BCUT2D eigenvalue weighted by molar-refractivity contribution is -0.114. The lowest BCUT2D eigenvalue weighted by Crippen LogP contribution is -2.21. The predicted octanol–water partition coefficient (Wildman–Crippen LogP) is 2.59. The number of aromatic nitrogens is 2. The van der Waals surface area contributed by atoms with E-state index in [1.54, 1.807) is 30.3 Å². The number of anilines is 3. The SMILES string of the molecule is CC(=O)Nc1cccc(NC(=O)c2cc(C)nc(NCC3CCCO3)n2)c1. The molecule has 1 saturated heterocycles. The molecule has 0 aliphatic carbocycles. The van der Waals surface area contributed by atoms with Gasteiger partial charge in [-0.2, -0.15) is 0 Å². The number of aryl methyl sites for hydroxylation is 1. The molecule has 1 aromatic carbocycles. The number of nitrogens with one attached hydrogen (secondary N) is 3. The van der Waals surface area contributed by atoms with E-state index < -0.39 is 0 Å². The molecular weight excluding hydrogens is 346 g/mol. The van der Waals surface area contributed by atoms with Crippen molar-refractivity contribution in [3.8, 4) is 0 Å². The first-order valence-electron chi connectivity index (χ1n) is 8.90. The van der Waals surface area contributed by atoms with Gasteiger partial charge >= 0.3 is 0 Å². The van der Waals surface area contributed by atoms with Crippen molar-refractivity contribution in [3.05, 3.63) is 41.7 Å². The second kappa shape index (κ2) is 8.59. The Kier molecular flexibility index (Phi) is 5.97. The van der Waals surface area contributed by atoms with Gasteiger partial charge in [-0.3, -0.25) is 9.59 Å². The van der Waals surface area contributed by atoms with Crippen LogP contribution < -0.4 is 16.0 Å². The molecule has 8 heteroatoms. The summed E-state index contributed by atoms with van der Waals surface area (Å²) in [7, 11) is 0. The monoisotopic (exact) mass is 369 g/mol. The van der Waals surface area contributed by atoms with E-state index in [1.165, 1.54) is 6.92 Å². The number of nitrogens with zero attached hydrogens (tertiary/aromatic N) is 2. The molecule has 0 bridgehead atoms. The Morgan fingerprint density at radius 2 is 1.96 bits per heavy atom. The van der Waals surface area contributed by atoms with Crippen molar-refractivity contribution in [1.82, 2.24) is 9.97 Å². The Labute approximate surface area is 157 Å². The van der Waals surface area contributed by atoms with Gasteiger partial charge in [-0.05, 0) is 44.0 Å². The summed E-state index contributed by atoms with van der Waals surface area (Å²) in [6.45, 7) is 4.64. The van der Waals surface area contributed by atoms with Crippen LogP contribution in [0.15, 0.2) is 30.3 Å². The zero-order chi connectivity index (χ0) is 19.2. The zero-order valence-electron chi connectivity index (χ0n) is 15.4. The quantitative estimate of drug-likeness (QED) is 0.723. The fourth-order valence-electron chi connectivity index (χ4n) is 2.85. The van der Waals surface area contributed by atoms with E-state index in [4.69, 9.17) is 4.74 Å². The number of ether oxygens (including phenoxy) is 1. The summed E-state index contributed by atoms with van der Waals surface area (Å²) in [5.74, 6) is -0.116. The highest BCUT2D eigenvalue weighted by Crippen LogP contribution is 2.17. The van der Waals surface area contributed by atoms with Crippen molar-refractivity contribution in [2.24, 2.45) is 0 Å². The van der Waals surface area contributed by atoms with Gasteiger partial charge in [0.05, 0.1) is 6.10 Å². The Morgan fingerprint density at radius 1 is 1.19 bits per heavy atom. The van der Waals surface area contributed by atoms with Crippen molar-refractivity contribution in [3.63, 3.8) is 0 Å². The predicted molar refractivity (Wildman–Crippen MR) is 103 cm³/mol. The first-order valence-corrected chi connectivity index (χ1v) is 8.90. The van der Waals surface area contributed by atoms with Gasteiger partial charge in [-0.1, -0.05) is 6.07 Å². The van der Waals surface area contributed by atoms with E-state index in [0.717, 1.165) is 19.4 Å². The maximum absolute atomic E-state index is 12.6. The first-order chi connectivity index (χ1) is 13.0. The van der Waals surface area contributed by atoms with E-state index in [-0.39, 0.29) is 23.6 Å². The van der Waals surface area contributed by atoms with Gasteiger partial charge in [-0.15, -0.1) is 0 Å². The Bertz CT molecular complexity index is 834. The summed E-state index contributed by atoms with van der Waals surface area (Å²) in [5.41, 5.74) is 2.13. The molecule has 2 aromatic rings. The third kappa shape index (κ3) is 5.49. The van der Waals surface area contributed by atoms with Crippen LogP contribution in [0, 0.1) is 6.92 Å². The Balaban J connectivity index is 1.67. The molecule has 3 N–H and O–H groups in total. The van der Waals surface area contributed by atoms with Gasteiger partial charge in [0.2, 0.25) is 11.9 Å². The van der Waals surface area contributed by atoms with E-state index in [1.807, 2.05) is 6.92 Å². The molecule has 0 saturated carbocycles. The van der Waals surface area contributed by atoms with Crippen LogP contribution in [0.1, 0.15) is 35.9 Å². The average Bonchev–Trinajstić information content (AvgIpc) is 3.13. The van der Waals surface area contributed by atoms with E-state index >= 15 is 0 Å². The molecule has 27 heavy (non-hydrogen) atoms. The van der Waals surface area contributed by atoms with E-state index in [0.29, 0.717) is 29.6 Å². The molecule has 1 unspecified atom stereocenters. The molecule has 0 radical (unpaired) electrons. The van der Waals surface area contributed by atoms with Crippen molar-refractivity contribution in [1.29, 1.82) is 0 Å². The largest absolute Gasteiger partial charge is 0.376 e. The fraction of sp³-hybridized carbons (Fsp3) is 0.368. The van der Waals surface area contributed by atoms with Crippen molar-refractivity contribution >= 4 is 29.1 Å². The van der Waals surface area contributed by atoms with Gasteiger partial charge in [0, 0.05) is 37.1 Å². The highest BCUT2D eigenvalue weighted by atomic mass is 16.5. The molecule has 1 aromatic heterocycles. The summed E-state index contributed by atoms with van der Waals surface area (Å²) in [6, 6.07) is 8.56. The van der Waals surface area contributed by atoms with Crippen molar-refractivity contribution in [2.45, 2.75) is 32.8 Å². The van der Waals surface area contributed by atoms with Crippen molar-refractivity contribution < 1.29 is 14.3 Å². The van der Waals surface area contributed by atoms with Crippen LogP contribution in [0.5, 0.6) is 0 Å². The van der Waals surface area contributed by atoms with Crippen LogP contribution in [0.25, 0.3) is 0 Å². The highest BCUT2D eigenvalue weighted by molar-refractivity contribution is 6.03. The van der Waals surface area contributed by atoms with Crippen LogP contribution >= 0.6 is 0 Å². The van der Waals surface area contributed by atoms with Crippen molar-refractivity contribution in [2.75, 3.05) is 29.1 Å². The topological polar surface area (TPSA) is 105 Å². The normalized spacial score (nSPS) is 16.0.